The van der Waals surface area contributed by atoms with Crippen molar-refractivity contribution in [1.82, 2.24) is 4.98 Å². The number of pyridine rings is 1. The third kappa shape index (κ3) is 3.48. The van der Waals surface area contributed by atoms with E-state index in [1.807, 2.05) is 0 Å². The van der Waals surface area contributed by atoms with Crippen molar-refractivity contribution in [3.8, 4) is 22.6 Å². The molecule has 4 rings (SSSR count). The zero-order chi connectivity index (χ0) is 19.7. The van der Waals surface area contributed by atoms with E-state index in [0.717, 1.165) is 12.1 Å². The zero-order valence-electron chi connectivity index (χ0n) is 14.3. The quantitative estimate of drug-likeness (QED) is 0.689. The molecule has 0 bridgehead atoms. The summed E-state index contributed by atoms with van der Waals surface area (Å²) in [5.74, 6) is -1.52. The Labute approximate surface area is 163 Å². The van der Waals surface area contributed by atoms with Crippen LogP contribution in [0.5, 0.6) is 11.5 Å². The summed E-state index contributed by atoms with van der Waals surface area (Å²) in [6.45, 7) is 0.908. The van der Waals surface area contributed by atoms with Crippen LogP contribution in [0.15, 0.2) is 48.7 Å². The number of rotatable bonds is 3. The molecule has 0 radical (unpaired) electrons. The lowest BCUT2D eigenvalue weighted by atomic mass is 10.1. The Bertz CT molecular complexity index is 1040. The molecular weight excluding hydrogens is 390 g/mol. The van der Waals surface area contributed by atoms with Gasteiger partial charge in [-0.1, -0.05) is 17.7 Å². The van der Waals surface area contributed by atoms with Crippen LogP contribution >= 0.6 is 11.6 Å². The van der Waals surface area contributed by atoms with Gasteiger partial charge >= 0.3 is 0 Å². The van der Waals surface area contributed by atoms with E-state index in [4.69, 9.17) is 21.1 Å². The van der Waals surface area contributed by atoms with Gasteiger partial charge in [0.15, 0.2) is 11.5 Å². The fourth-order valence-corrected chi connectivity index (χ4v) is 3.07. The highest BCUT2D eigenvalue weighted by Gasteiger charge is 2.18. The molecule has 1 aliphatic heterocycles. The Balaban J connectivity index is 1.57. The van der Waals surface area contributed by atoms with Crippen LogP contribution in [0.4, 0.5) is 14.6 Å². The standard InChI is InChI=1S/C20H13ClF2N2O3/c21-13-9-17-16(27-6-7-28-17)8-12(13)11-4-5-18(24-10-11)25-20(26)19-14(22)2-1-3-15(19)23/h1-5,8-10H,6-7H2,(H,24,25,26). The van der Waals surface area contributed by atoms with E-state index in [9.17, 15) is 13.6 Å². The molecule has 0 spiro atoms. The first-order valence-electron chi connectivity index (χ1n) is 8.34. The zero-order valence-corrected chi connectivity index (χ0v) is 15.1. The van der Waals surface area contributed by atoms with Crippen LogP contribution in [0.1, 0.15) is 10.4 Å². The number of benzene rings is 2. The van der Waals surface area contributed by atoms with Crippen LogP contribution < -0.4 is 14.8 Å². The molecule has 0 fully saturated rings. The molecular formula is C20H13ClF2N2O3. The summed E-state index contributed by atoms with van der Waals surface area (Å²) in [6.07, 6.45) is 1.49. The van der Waals surface area contributed by atoms with E-state index >= 15 is 0 Å². The number of amides is 1. The van der Waals surface area contributed by atoms with Crippen LogP contribution in [0, 0.1) is 11.6 Å². The highest BCUT2D eigenvalue weighted by Crippen LogP contribution is 2.39. The Hall–Kier alpha value is -3.19. The van der Waals surface area contributed by atoms with Gasteiger partial charge in [0, 0.05) is 23.4 Å². The first kappa shape index (κ1) is 18.2. The molecule has 5 nitrogen and oxygen atoms in total. The Morgan fingerprint density at radius 2 is 1.71 bits per heavy atom. The van der Waals surface area contributed by atoms with Crippen LogP contribution in [0.25, 0.3) is 11.1 Å². The van der Waals surface area contributed by atoms with Gasteiger partial charge in [-0.25, -0.2) is 13.8 Å². The number of hydrogen-bond donors (Lipinski definition) is 1. The molecule has 3 aromatic rings. The number of carbonyl (C=O) groups excluding carboxylic acids is 1. The molecule has 0 atom stereocenters. The van der Waals surface area contributed by atoms with Gasteiger partial charge in [0.1, 0.15) is 36.2 Å². The van der Waals surface area contributed by atoms with Crippen LogP contribution in [0.3, 0.4) is 0 Å². The number of hydrogen-bond acceptors (Lipinski definition) is 4. The SMILES string of the molecule is O=C(Nc1ccc(-c2cc3c(cc2Cl)OCCO3)cn1)c1c(F)cccc1F. The molecule has 2 aromatic carbocycles. The van der Waals surface area contributed by atoms with E-state index in [1.54, 1.807) is 18.2 Å². The molecule has 142 valence electrons. The van der Waals surface area contributed by atoms with Gasteiger partial charge in [-0.05, 0) is 30.3 Å². The minimum atomic E-state index is -0.947. The number of carbonyl (C=O) groups is 1. The Morgan fingerprint density at radius 1 is 1.04 bits per heavy atom. The minimum Gasteiger partial charge on any atom is -0.486 e. The number of aromatic nitrogens is 1. The summed E-state index contributed by atoms with van der Waals surface area (Å²) >= 11 is 6.32. The second-order valence-corrected chi connectivity index (χ2v) is 6.37. The average molecular weight is 403 g/mol. The van der Waals surface area contributed by atoms with Crippen molar-refractivity contribution in [2.24, 2.45) is 0 Å². The maximum atomic E-state index is 13.7. The Kier molecular flexibility index (Phi) is 4.83. The molecule has 28 heavy (non-hydrogen) atoms. The maximum absolute atomic E-state index is 13.7. The molecule has 0 saturated heterocycles. The van der Waals surface area contributed by atoms with Crippen LogP contribution in [-0.4, -0.2) is 24.1 Å². The lowest BCUT2D eigenvalue weighted by Crippen LogP contribution is -2.16. The van der Waals surface area contributed by atoms with Gasteiger partial charge in [-0.15, -0.1) is 0 Å². The van der Waals surface area contributed by atoms with Crippen molar-refractivity contribution in [2.45, 2.75) is 0 Å². The third-order valence-corrected chi connectivity index (χ3v) is 4.45. The fraction of sp³-hybridized carbons (Fsp3) is 0.100. The maximum Gasteiger partial charge on any atom is 0.262 e. The van der Waals surface area contributed by atoms with Crippen molar-refractivity contribution in [3.63, 3.8) is 0 Å². The molecule has 1 N–H and O–H groups in total. The second-order valence-electron chi connectivity index (χ2n) is 5.96. The van der Waals surface area contributed by atoms with Gasteiger partial charge in [-0.3, -0.25) is 4.79 Å². The fourth-order valence-electron chi connectivity index (χ4n) is 2.81. The van der Waals surface area contributed by atoms with E-state index in [0.29, 0.717) is 40.9 Å². The van der Waals surface area contributed by atoms with Crippen LogP contribution in [0.2, 0.25) is 5.02 Å². The molecule has 1 amide bonds. The summed E-state index contributed by atoms with van der Waals surface area (Å²) in [5, 5.41) is 2.83. The smallest absolute Gasteiger partial charge is 0.262 e. The van der Waals surface area contributed by atoms with E-state index < -0.39 is 23.1 Å². The number of anilines is 1. The van der Waals surface area contributed by atoms with Crippen molar-refractivity contribution in [1.29, 1.82) is 0 Å². The molecule has 0 unspecified atom stereocenters. The first-order chi connectivity index (χ1) is 13.5. The number of nitrogens with zero attached hydrogens (tertiary/aromatic N) is 1. The highest BCUT2D eigenvalue weighted by molar-refractivity contribution is 6.33. The molecule has 1 aromatic heterocycles. The molecule has 0 aliphatic carbocycles. The lowest BCUT2D eigenvalue weighted by Gasteiger charge is -2.19. The van der Waals surface area contributed by atoms with Gasteiger partial charge in [0.2, 0.25) is 0 Å². The predicted octanol–water partition coefficient (Wildman–Crippen LogP) is 4.70. The van der Waals surface area contributed by atoms with Crippen LogP contribution in [-0.2, 0) is 0 Å². The molecule has 0 saturated carbocycles. The Morgan fingerprint density at radius 3 is 2.36 bits per heavy atom. The summed E-state index contributed by atoms with van der Waals surface area (Å²) in [4.78, 5) is 16.3. The lowest BCUT2D eigenvalue weighted by molar-refractivity contribution is 0.101. The van der Waals surface area contributed by atoms with Gasteiger partial charge in [0.25, 0.3) is 5.91 Å². The monoisotopic (exact) mass is 402 g/mol. The van der Waals surface area contributed by atoms with Gasteiger partial charge in [-0.2, -0.15) is 0 Å². The van der Waals surface area contributed by atoms with Gasteiger partial charge in [0.05, 0.1) is 5.02 Å². The summed E-state index contributed by atoms with van der Waals surface area (Å²) < 4.78 is 38.5. The summed E-state index contributed by atoms with van der Waals surface area (Å²) in [7, 11) is 0. The summed E-state index contributed by atoms with van der Waals surface area (Å²) in [6, 6.07) is 9.82. The highest BCUT2D eigenvalue weighted by atomic mass is 35.5. The molecule has 2 heterocycles. The van der Waals surface area contributed by atoms with Gasteiger partial charge < -0.3 is 14.8 Å². The largest absolute Gasteiger partial charge is 0.486 e. The third-order valence-electron chi connectivity index (χ3n) is 4.14. The number of halogens is 3. The van der Waals surface area contributed by atoms with Crippen molar-refractivity contribution >= 4 is 23.3 Å². The van der Waals surface area contributed by atoms with E-state index in [2.05, 4.69) is 10.3 Å². The van der Waals surface area contributed by atoms with E-state index in [-0.39, 0.29) is 5.82 Å². The first-order valence-corrected chi connectivity index (χ1v) is 8.71. The number of fused-ring (bicyclic) bond motifs is 1. The second kappa shape index (κ2) is 7.44. The predicted molar refractivity (Wildman–Crippen MR) is 100.0 cm³/mol. The summed E-state index contributed by atoms with van der Waals surface area (Å²) in [5.41, 5.74) is 0.691. The topological polar surface area (TPSA) is 60.5 Å². The van der Waals surface area contributed by atoms with Crippen molar-refractivity contribution < 1.29 is 23.0 Å². The average Bonchev–Trinajstić information content (AvgIpc) is 2.68. The molecule has 1 aliphatic rings. The van der Waals surface area contributed by atoms with Crippen molar-refractivity contribution in [2.75, 3.05) is 18.5 Å². The minimum absolute atomic E-state index is 0.144. The molecule has 8 heteroatoms. The number of nitrogens with one attached hydrogen (secondary N) is 1. The van der Waals surface area contributed by atoms with E-state index in [1.165, 1.54) is 18.3 Å². The van der Waals surface area contributed by atoms with Crippen molar-refractivity contribution in [3.05, 3.63) is 70.9 Å². The normalized spacial score (nSPS) is 12.5. The number of ether oxygens (including phenoxy) is 2.